The first-order valence-electron chi connectivity index (χ1n) is 4.33. The van der Waals surface area contributed by atoms with Crippen LogP contribution in [0.3, 0.4) is 0 Å². The second kappa shape index (κ2) is 2.83. The fourth-order valence-electron chi connectivity index (χ4n) is 1.39. The van der Waals surface area contributed by atoms with Crippen LogP contribution in [0, 0.1) is 6.92 Å². The Morgan fingerprint density at radius 3 is 2.83 bits per heavy atom. The molecule has 1 heterocycles. The quantitative estimate of drug-likeness (QED) is 0.710. The molecular formula is C9H13N3. The van der Waals surface area contributed by atoms with Crippen molar-refractivity contribution in [2.45, 2.75) is 32.2 Å². The molecule has 1 fully saturated rings. The van der Waals surface area contributed by atoms with E-state index in [2.05, 4.69) is 9.97 Å². The normalized spacial score (nSPS) is 16.5. The van der Waals surface area contributed by atoms with E-state index in [-0.39, 0.29) is 0 Å². The predicted molar refractivity (Wildman–Crippen MR) is 46.6 cm³/mol. The summed E-state index contributed by atoms with van der Waals surface area (Å²) < 4.78 is 0. The van der Waals surface area contributed by atoms with Crippen molar-refractivity contribution in [3.63, 3.8) is 0 Å². The molecule has 0 bridgehead atoms. The number of aromatic nitrogens is 2. The highest BCUT2D eigenvalue weighted by Gasteiger charge is 2.26. The summed E-state index contributed by atoms with van der Waals surface area (Å²) in [5.41, 5.74) is 8.57. The first-order chi connectivity index (χ1) is 5.81. The van der Waals surface area contributed by atoms with Crippen molar-refractivity contribution < 1.29 is 0 Å². The Morgan fingerprint density at radius 1 is 1.58 bits per heavy atom. The molecule has 1 aromatic rings. The largest absolute Gasteiger partial charge is 0.325 e. The van der Waals surface area contributed by atoms with Gasteiger partial charge in [0, 0.05) is 12.5 Å². The van der Waals surface area contributed by atoms with Crippen molar-refractivity contribution in [2.24, 2.45) is 5.73 Å². The summed E-state index contributed by atoms with van der Waals surface area (Å²) >= 11 is 0. The number of hydrogen-bond acceptors (Lipinski definition) is 3. The Hall–Kier alpha value is -0.960. The van der Waals surface area contributed by atoms with Crippen molar-refractivity contribution in [1.82, 2.24) is 9.97 Å². The third-order valence-electron chi connectivity index (χ3n) is 2.21. The molecule has 0 spiro atoms. The summed E-state index contributed by atoms with van der Waals surface area (Å²) in [6.07, 6.45) is 4.34. The van der Waals surface area contributed by atoms with E-state index < -0.39 is 0 Å². The summed E-state index contributed by atoms with van der Waals surface area (Å²) in [6, 6.07) is 0. The molecular weight excluding hydrogens is 150 g/mol. The molecule has 3 heteroatoms. The van der Waals surface area contributed by atoms with Crippen LogP contribution < -0.4 is 5.73 Å². The molecule has 64 valence electrons. The van der Waals surface area contributed by atoms with Crippen molar-refractivity contribution >= 4 is 0 Å². The van der Waals surface area contributed by atoms with Crippen LogP contribution in [0.15, 0.2) is 6.20 Å². The Balaban J connectivity index is 2.32. The number of hydrogen-bond donors (Lipinski definition) is 1. The van der Waals surface area contributed by atoms with Gasteiger partial charge in [0.05, 0.1) is 23.3 Å². The molecule has 0 atom stereocenters. The summed E-state index contributed by atoms with van der Waals surface area (Å²) in [5, 5.41) is 0. The molecule has 0 saturated heterocycles. The minimum Gasteiger partial charge on any atom is -0.325 e. The second-order valence-corrected chi connectivity index (χ2v) is 3.31. The standard InChI is InChI=1S/C9H13N3/c1-6-9(7-2-3-7)11-5-8(4-10)12-6/h5,7H,2-4,10H2,1H3. The van der Waals surface area contributed by atoms with E-state index >= 15 is 0 Å². The minimum absolute atomic E-state index is 0.485. The Labute approximate surface area is 72.0 Å². The van der Waals surface area contributed by atoms with Gasteiger partial charge in [-0.15, -0.1) is 0 Å². The van der Waals surface area contributed by atoms with Gasteiger partial charge in [0.25, 0.3) is 0 Å². The van der Waals surface area contributed by atoms with Crippen LogP contribution >= 0.6 is 0 Å². The first-order valence-corrected chi connectivity index (χ1v) is 4.33. The zero-order chi connectivity index (χ0) is 8.55. The molecule has 1 aromatic heterocycles. The molecule has 1 saturated carbocycles. The maximum atomic E-state index is 5.46. The van der Waals surface area contributed by atoms with E-state index in [1.54, 1.807) is 6.20 Å². The van der Waals surface area contributed by atoms with Crippen LogP contribution in [-0.2, 0) is 6.54 Å². The van der Waals surface area contributed by atoms with E-state index in [9.17, 15) is 0 Å². The third-order valence-corrected chi connectivity index (χ3v) is 2.21. The van der Waals surface area contributed by atoms with E-state index in [0.29, 0.717) is 12.5 Å². The lowest BCUT2D eigenvalue weighted by Gasteiger charge is -2.03. The highest BCUT2D eigenvalue weighted by atomic mass is 14.8. The molecule has 1 aliphatic rings. The molecule has 12 heavy (non-hydrogen) atoms. The van der Waals surface area contributed by atoms with Gasteiger partial charge in [-0.2, -0.15) is 0 Å². The second-order valence-electron chi connectivity index (χ2n) is 3.31. The fraction of sp³-hybridized carbons (Fsp3) is 0.556. The Morgan fingerprint density at radius 2 is 2.33 bits per heavy atom. The van der Waals surface area contributed by atoms with Crippen LogP contribution in [0.1, 0.15) is 35.8 Å². The van der Waals surface area contributed by atoms with E-state index in [1.165, 1.54) is 18.5 Å². The van der Waals surface area contributed by atoms with Gasteiger partial charge in [0.15, 0.2) is 0 Å². The van der Waals surface area contributed by atoms with E-state index in [1.807, 2.05) is 6.92 Å². The zero-order valence-electron chi connectivity index (χ0n) is 7.25. The van der Waals surface area contributed by atoms with Gasteiger partial charge in [0.1, 0.15) is 0 Å². The summed E-state index contributed by atoms with van der Waals surface area (Å²) in [7, 11) is 0. The highest BCUT2D eigenvalue weighted by molar-refractivity contribution is 5.20. The minimum atomic E-state index is 0.485. The fourth-order valence-corrected chi connectivity index (χ4v) is 1.39. The molecule has 2 rings (SSSR count). The summed E-state index contributed by atoms with van der Waals surface area (Å²) in [6.45, 7) is 2.50. The first kappa shape index (κ1) is 7.68. The van der Waals surface area contributed by atoms with Crippen LogP contribution in [-0.4, -0.2) is 9.97 Å². The van der Waals surface area contributed by atoms with E-state index in [4.69, 9.17) is 5.73 Å². The van der Waals surface area contributed by atoms with Crippen molar-refractivity contribution in [3.8, 4) is 0 Å². The van der Waals surface area contributed by atoms with Crippen LogP contribution in [0.5, 0.6) is 0 Å². The maximum Gasteiger partial charge on any atom is 0.0725 e. The van der Waals surface area contributed by atoms with Gasteiger partial charge in [-0.05, 0) is 19.8 Å². The number of nitrogens with zero attached hydrogens (tertiary/aromatic N) is 2. The van der Waals surface area contributed by atoms with E-state index in [0.717, 1.165) is 11.4 Å². The third kappa shape index (κ3) is 1.32. The molecule has 1 aliphatic carbocycles. The lowest BCUT2D eigenvalue weighted by molar-refractivity contribution is 0.881. The topological polar surface area (TPSA) is 51.8 Å². The number of rotatable bonds is 2. The summed E-state index contributed by atoms with van der Waals surface area (Å²) in [5.74, 6) is 0.685. The van der Waals surface area contributed by atoms with Crippen LogP contribution in [0.2, 0.25) is 0 Å². The molecule has 0 unspecified atom stereocenters. The molecule has 2 N–H and O–H groups in total. The lowest BCUT2D eigenvalue weighted by Crippen LogP contribution is -2.04. The average Bonchev–Trinajstić information content (AvgIpc) is 2.87. The van der Waals surface area contributed by atoms with Crippen molar-refractivity contribution in [1.29, 1.82) is 0 Å². The molecule has 0 amide bonds. The van der Waals surface area contributed by atoms with Gasteiger partial charge in [-0.25, -0.2) is 0 Å². The SMILES string of the molecule is Cc1nc(CN)cnc1C1CC1. The smallest absolute Gasteiger partial charge is 0.0725 e. The molecule has 0 aliphatic heterocycles. The van der Waals surface area contributed by atoms with Gasteiger partial charge in [-0.1, -0.05) is 0 Å². The summed E-state index contributed by atoms with van der Waals surface area (Å²) in [4.78, 5) is 8.73. The van der Waals surface area contributed by atoms with Crippen LogP contribution in [0.4, 0.5) is 0 Å². The molecule has 0 radical (unpaired) electrons. The van der Waals surface area contributed by atoms with Gasteiger partial charge < -0.3 is 5.73 Å². The lowest BCUT2D eigenvalue weighted by atomic mass is 10.2. The zero-order valence-corrected chi connectivity index (χ0v) is 7.25. The van der Waals surface area contributed by atoms with Gasteiger partial charge >= 0.3 is 0 Å². The predicted octanol–water partition coefficient (Wildman–Crippen LogP) is 1.12. The highest BCUT2D eigenvalue weighted by Crippen LogP contribution is 2.39. The molecule has 3 nitrogen and oxygen atoms in total. The van der Waals surface area contributed by atoms with Gasteiger partial charge in [-0.3, -0.25) is 9.97 Å². The monoisotopic (exact) mass is 163 g/mol. The maximum absolute atomic E-state index is 5.46. The van der Waals surface area contributed by atoms with Crippen molar-refractivity contribution in [3.05, 3.63) is 23.3 Å². The number of aryl methyl sites for hydroxylation is 1. The Kier molecular flexibility index (Phi) is 1.81. The molecule has 0 aromatic carbocycles. The van der Waals surface area contributed by atoms with Crippen molar-refractivity contribution in [2.75, 3.05) is 0 Å². The van der Waals surface area contributed by atoms with Gasteiger partial charge in [0.2, 0.25) is 0 Å². The van der Waals surface area contributed by atoms with Crippen LogP contribution in [0.25, 0.3) is 0 Å². The number of nitrogens with two attached hydrogens (primary N) is 1. The Bertz CT molecular complexity index is 292. The average molecular weight is 163 g/mol.